The van der Waals surface area contributed by atoms with Crippen LogP contribution in [0.5, 0.6) is 0 Å². The minimum absolute atomic E-state index is 0.0731. The zero-order chi connectivity index (χ0) is 12.0. The van der Waals surface area contributed by atoms with Gasteiger partial charge in [0.15, 0.2) is 0 Å². The zero-order valence-electron chi connectivity index (χ0n) is 9.73. The Bertz CT molecular complexity index is 289. The molecule has 16 heavy (non-hydrogen) atoms. The first-order chi connectivity index (χ1) is 7.69. The van der Waals surface area contributed by atoms with Gasteiger partial charge in [0.2, 0.25) is 0 Å². The Hall–Kier alpha value is -1.39. The number of aldehydes is 1. The third-order valence-corrected chi connectivity index (χ3v) is 2.66. The summed E-state index contributed by atoms with van der Waals surface area (Å²) in [6, 6.07) is 0. The number of ether oxygens (including phenoxy) is 1. The van der Waals surface area contributed by atoms with Crippen molar-refractivity contribution in [1.82, 2.24) is 5.32 Å². The van der Waals surface area contributed by atoms with Crippen molar-refractivity contribution in [3.05, 3.63) is 0 Å². The Labute approximate surface area is 95.3 Å². The molecule has 0 aliphatic carbocycles. The van der Waals surface area contributed by atoms with Gasteiger partial charge in [0.05, 0.1) is 12.5 Å². The van der Waals surface area contributed by atoms with Crippen molar-refractivity contribution in [1.29, 1.82) is 0 Å². The smallest absolute Gasteiger partial charge is 0.325 e. The summed E-state index contributed by atoms with van der Waals surface area (Å²) < 4.78 is 4.78. The van der Waals surface area contributed by atoms with Gasteiger partial charge in [-0.2, -0.15) is 0 Å². The second-order valence-electron chi connectivity index (χ2n) is 3.85. The van der Waals surface area contributed by atoms with Gasteiger partial charge in [-0.15, -0.1) is 0 Å². The Kier molecular flexibility index (Phi) is 4.95. The van der Waals surface area contributed by atoms with Crippen molar-refractivity contribution in [2.24, 2.45) is 16.8 Å². The molecule has 1 rings (SSSR count). The van der Waals surface area contributed by atoms with Crippen LogP contribution in [0.2, 0.25) is 0 Å². The minimum atomic E-state index is -0.326. The molecule has 90 valence electrons. The van der Waals surface area contributed by atoms with E-state index in [1.165, 1.54) is 0 Å². The van der Waals surface area contributed by atoms with E-state index in [4.69, 9.17) is 4.74 Å². The Morgan fingerprint density at radius 1 is 1.69 bits per heavy atom. The number of nitrogens with one attached hydrogen (secondary N) is 1. The van der Waals surface area contributed by atoms with Gasteiger partial charge in [-0.25, -0.2) is 0 Å². The van der Waals surface area contributed by atoms with Crippen molar-refractivity contribution in [3.8, 4) is 0 Å². The highest BCUT2D eigenvalue weighted by Crippen LogP contribution is 2.18. The van der Waals surface area contributed by atoms with Gasteiger partial charge in [-0.1, -0.05) is 6.92 Å². The van der Waals surface area contributed by atoms with Crippen LogP contribution >= 0.6 is 0 Å². The predicted molar refractivity (Wildman–Crippen MR) is 60.3 cm³/mol. The molecule has 0 aromatic carbocycles. The number of esters is 1. The van der Waals surface area contributed by atoms with Crippen molar-refractivity contribution >= 4 is 18.1 Å². The number of nitrogens with zero attached hydrogens (tertiary/aromatic N) is 1. The first-order valence-electron chi connectivity index (χ1n) is 5.58. The van der Waals surface area contributed by atoms with E-state index in [-0.39, 0.29) is 24.3 Å². The fourth-order valence-electron chi connectivity index (χ4n) is 1.69. The molecular weight excluding hydrogens is 208 g/mol. The molecule has 0 spiro atoms. The van der Waals surface area contributed by atoms with E-state index < -0.39 is 0 Å². The zero-order valence-corrected chi connectivity index (χ0v) is 9.73. The molecular formula is C11H18N2O3. The van der Waals surface area contributed by atoms with Crippen LogP contribution in [0.15, 0.2) is 4.99 Å². The average molecular weight is 226 g/mol. The molecule has 0 bridgehead atoms. The monoisotopic (exact) mass is 226 g/mol. The second kappa shape index (κ2) is 6.25. The molecule has 0 aromatic heterocycles. The van der Waals surface area contributed by atoms with E-state index in [9.17, 15) is 9.59 Å². The third kappa shape index (κ3) is 3.32. The maximum Gasteiger partial charge on any atom is 0.325 e. The minimum Gasteiger partial charge on any atom is -0.465 e. The summed E-state index contributed by atoms with van der Waals surface area (Å²) in [5, 5.41) is 2.88. The summed E-state index contributed by atoms with van der Waals surface area (Å²) in [7, 11) is 0. The molecule has 1 aliphatic rings. The average Bonchev–Trinajstić information content (AvgIpc) is 2.27. The van der Waals surface area contributed by atoms with Crippen molar-refractivity contribution in [2.75, 3.05) is 19.7 Å². The van der Waals surface area contributed by atoms with E-state index >= 15 is 0 Å². The maximum atomic E-state index is 11.1. The number of hydrogen-bond donors (Lipinski definition) is 1. The number of amidine groups is 1. The molecule has 0 amide bonds. The maximum absolute atomic E-state index is 11.1. The van der Waals surface area contributed by atoms with Gasteiger partial charge in [0.25, 0.3) is 0 Å². The topological polar surface area (TPSA) is 67.8 Å². The summed E-state index contributed by atoms with van der Waals surface area (Å²) in [5.74, 6) is 0.345. The van der Waals surface area contributed by atoms with Crippen LogP contribution in [-0.4, -0.2) is 37.8 Å². The number of carbonyl (C=O) groups excluding carboxylic acids is 2. The van der Waals surface area contributed by atoms with Gasteiger partial charge in [0.1, 0.15) is 18.7 Å². The number of rotatable bonds is 4. The van der Waals surface area contributed by atoms with E-state index in [1.807, 2.05) is 6.92 Å². The summed E-state index contributed by atoms with van der Waals surface area (Å²) in [4.78, 5) is 26.3. The van der Waals surface area contributed by atoms with Gasteiger partial charge >= 0.3 is 5.97 Å². The summed E-state index contributed by atoms with van der Waals surface area (Å²) >= 11 is 0. The quantitative estimate of drug-likeness (QED) is 0.556. The van der Waals surface area contributed by atoms with Crippen LogP contribution in [0, 0.1) is 11.8 Å². The summed E-state index contributed by atoms with van der Waals surface area (Å²) in [6.45, 7) is 4.91. The third-order valence-electron chi connectivity index (χ3n) is 2.66. The molecule has 1 N–H and O–H groups in total. The van der Waals surface area contributed by atoms with E-state index in [0.717, 1.165) is 12.7 Å². The van der Waals surface area contributed by atoms with Crippen LogP contribution in [0.1, 0.15) is 20.3 Å². The highest BCUT2D eigenvalue weighted by molar-refractivity contribution is 5.97. The molecule has 2 unspecified atom stereocenters. The van der Waals surface area contributed by atoms with Gasteiger partial charge < -0.3 is 14.8 Å². The molecule has 0 saturated carbocycles. The number of carbonyl (C=O) groups is 2. The van der Waals surface area contributed by atoms with Crippen molar-refractivity contribution in [2.45, 2.75) is 20.3 Å². The lowest BCUT2D eigenvalue weighted by Gasteiger charge is -2.25. The molecule has 1 heterocycles. The highest BCUT2D eigenvalue weighted by atomic mass is 16.5. The van der Waals surface area contributed by atoms with Gasteiger partial charge in [-0.05, 0) is 19.3 Å². The van der Waals surface area contributed by atoms with Crippen molar-refractivity contribution < 1.29 is 14.3 Å². The molecule has 0 saturated heterocycles. The van der Waals surface area contributed by atoms with Crippen LogP contribution in [-0.2, 0) is 14.3 Å². The highest BCUT2D eigenvalue weighted by Gasteiger charge is 2.25. The van der Waals surface area contributed by atoms with Gasteiger partial charge in [-0.3, -0.25) is 9.79 Å². The number of hydrogen-bond acceptors (Lipinski definition) is 5. The van der Waals surface area contributed by atoms with Crippen LogP contribution < -0.4 is 5.32 Å². The fraction of sp³-hybridized carbons (Fsp3) is 0.727. The normalized spacial score (nSPS) is 24.5. The molecule has 2 atom stereocenters. The standard InChI is InChI=1S/C11H18N2O3/c1-3-16-10(15)6-13-11-9(7-14)8(2)4-5-12-11/h7-9H,3-6H2,1-2H3,(H,12,13). The second-order valence-corrected chi connectivity index (χ2v) is 3.85. The first-order valence-corrected chi connectivity index (χ1v) is 5.58. The lowest BCUT2D eigenvalue weighted by molar-refractivity contribution is -0.141. The molecule has 1 aliphatic heterocycles. The SMILES string of the molecule is CCOC(=O)CNC1=NCCC(C)C1C=O. The molecule has 0 radical (unpaired) electrons. The summed E-state index contributed by atoms with van der Waals surface area (Å²) in [6.07, 6.45) is 1.80. The van der Waals surface area contributed by atoms with Crippen LogP contribution in [0.4, 0.5) is 0 Å². The number of aliphatic imine (C=N–C) groups is 1. The lowest BCUT2D eigenvalue weighted by atomic mass is 9.89. The summed E-state index contributed by atoms with van der Waals surface area (Å²) in [5.41, 5.74) is 0. The molecule has 0 fully saturated rings. The molecule has 5 nitrogen and oxygen atoms in total. The van der Waals surface area contributed by atoms with Crippen molar-refractivity contribution in [3.63, 3.8) is 0 Å². The Morgan fingerprint density at radius 3 is 3.06 bits per heavy atom. The molecule has 0 aromatic rings. The lowest BCUT2D eigenvalue weighted by Crippen LogP contribution is -2.41. The van der Waals surface area contributed by atoms with Crippen LogP contribution in [0.25, 0.3) is 0 Å². The van der Waals surface area contributed by atoms with E-state index in [2.05, 4.69) is 10.3 Å². The van der Waals surface area contributed by atoms with Gasteiger partial charge in [0, 0.05) is 6.54 Å². The Balaban J connectivity index is 2.48. The fourth-order valence-corrected chi connectivity index (χ4v) is 1.69. The Morgan fingerprint density at radius 2 is 2.44 bits per heavy atom. The predicted octanol–water partition coefficient (Wildman–Crippen LogP) is 0.392. The first kappa shape index (κ1) is 12.7. The molecule has 5 heteroatoms. The largest absolute Gasteiger partial charge is 0.465 e. The van der Waals surface area contributed by atoms with Crippen LogP contribution in [0.3, 0.4) is 0 Å². The van der Waals surface area contributed by atoms with E-state index in [0.29, 0.717) is 19.0 Å². The van der Waals surface area contributed by atoms with E-state index in [1.54, 1.807) is 6.92 Å².